The summed E-state index contributed by atoms with van der Waals surface area (Å²) >= 11 is 0. The number of anilines is 3. The molecule has 0 N–H and O–H groups in total. The highest BCUT2D eigenvalue weighted by Crippen LogP contribution is 2.56. The van der Waals surface area contributed by atoms with Gasteiger partial charge in [0.05, 0.1) is 22.2 Å². The minimum Gasteiger partial charge on any atom is -0.310 e. The zero-order valence-electron chi connectivity index (χ0n) is 40.4. The molecule has 0 saturated carbocycles. The Morgan fingerprint density at radius 3 is 1.54 bits per heavy atom. The smallest absolute Gasteiger partial charge is 0.0638 e. The van der Waals surface area contributed by atoms with Crippen LogP contribution in [0.2, 0.25) is 0 Å². The first-order valence-electron chi connectivity index (χ1n) is 24.9. The molecular formula is C68H51N3. The number of benzene rings is 10. The number of hydrogen-bond donors (Lipinski definition) is 0. The Kier molecular flexibility index (Phi) is 8.98. The van der Waals surface area contributed by atoms with Gasteiger partial charge in [-0.2, -0.15) is 0 Å². The third-order valence-electron chi connectivity index (χ3n) is 15.9. The molecule has 0 amide bonds. The Labute approximate surface area is 415 Å². The van der Waals surface area contributed by atoms with Crippen molar-refractivity contribution in [2.45, 2.75) is 38.5 Å². The Morgan fingerprint density at radius 1 is 0.338 bits per heavy atom. The molecule has 3 heteroatoms. The molecule has 12 aromatic rings. The molecule has 0 fully saturated rings. The maximum Gasteiger partial charge on any atom is 0.0638 e. The highest BCUT2D eigenvalue weighted by atomic mass is 15.1. The van der Waals surface area contributed by atoms with Crippen LogP contribution in [0.4, 0.5) is 17.1 Å². The van der Waals surface area contributed by atoms with Crippen LogP contribution < -0.4 is 4.90 Å². The lowest BCUT2D eigenvalue weighted by molar-refractivity contribution is 0.660. The summed E-state index contributed by atoms with van der Waals surface area (Å²) in [6.07, 6.45) is 0. The van der Waals surface area contributed by atoms with Crippen LogP contribution in [0.15, 0.2) is 237 Å². The first-order chi connectivity index (χ1) is 34.8. The second-order valence-corrected chi connectivity index (χ2v) is 20.5. The van der Waals surface area contributed by atoms with Crippen molar-refractivity contribution in [3.63, 3.8) is 0 Å². The topological polar surface area (TPSA) is 13.1 Å². The van der Waals surface area contributed by atoms with E-state index in [0.717, 1.165) is 22.7 Å². The van der Waals surface area contributed by atoms with Crippen LogP contribution in [-0.4, -0.2) is 9.13 Å². The van der Waals surface area contributed by atoms with E-state index < -0.39 is 0 Å². The van der Waals surface area contributed by atoms with Crippen LogP contribution in [0, 0.1) is 0 Å². The van der Waals surface area contributed by atoms with Crippen LogP contribution in [0.1, 0.15) is 49.9 Å². The number of hydrogen-bond acceptors (Lipinski definition) is 1. The molecule has 3 nitrogen and oxygen atoms in total. The summed E-state index contributed by atoms with van der Waals surface area (Å²) in [4.78, 5) is 2.42. The van der Waals surface area contributed by atoms with Gasteiger partial charge in [0.15, 0.2) is 0 Å². The van der Waals surface area contributed by atoms with E-state index in [1.165, 1.54) is 105 Å². The molecule has 0 bridgehead atoms. The van der Waals surface area contributed by atoms with Crippen molar-refractivity contribution in [3.8, 4) is 56.0 Å². The van der Waals surface area contributed by atoms with Crippen LogP contribution in [0.5, 0.6) is 0 Å². The summed E-state index contributed by atoms with van der Waals surface area (Å²) in [6, 6.07) is 87.6. The summed E-state index contributed by atoms with van der Waals surface area (Å²) < 4.78 is 5.06. The lowest BCUT2D eigenvalue weighted by Gasteiger charge is -2.28. The fourth-order valence-corrected chi connectivity index (χ4v) is 12.5. The van der Waals surface area contributed by atoms with Gasteiger partial charge in [-0.15, -0.1) is 0 Å². The predicted molar refractivity (Wildman–Crippen MR) is 298 cm³/mol. The van der Waals surface area contributed by atoms with Gasteiger partial charge in [0, 0.05) is 61.0 Å². The van der Waals surface area contributed by atoms with E-state index in [1.807, 2.05) is 0 Å². The normalized spacial score (nSPS) is 13.9. The van der Waals surface area contributed by atoms with Crippen LogP contribution in [0.25, 0.3) is 88.7 Å². The fourth-order valence-electron chi connectivity index (χ4n) is 12.5. The van der Waals surface area contributed by atoms with Crippen LogP contribution in [-0.2, 0) is 10.8 Å². The van der Waals surface area contributed by atoms with Crippen molar-refractivity contribution in [2.75, 3.05) is 4.90 Å². The Bertz CT molecular complexity index is 4060. The predicted octanol–water partition coefficient (Wildman–Crippen LogP) is 18.1. The molecule has 14 rings (SSSR count). The average Bonchev–Trinajstić information content (AvgIpc) is 4.09. The van der Waals surface area contributed by atoms with E-state index in [2.05, 4.69) is 278 Å². The monoisotopic (exact) mass is 909 g/mol. The van der Waals surface area contributed by atoms with Gasteiger partial charge in [0.25, 0.3) is 0 Å². The highest BCUT2D eigenvalue weighted by Gasteiger charge is 2.41. The van der Waals surface area contributed by atoms with Gasteiger partial charge in [0.1, 0.15) is 0 Å². The third-order valence-corrected chi connectivity index (χ3v) is 15.9. The Balaban J connectivity index is 0.985. The minimum atomic E-state index is -0.187. The molecule has 2 aliphatic carbocycles. The van der Waals surface area contributed by atoms with Crippen molar-refractivity contribution >= 4 is 49.8 Å². The quantitative estimate of drug-likeness (QED) is 0.155. The summed E-state index contributed by atoms with van der Waals surface area (Å²) in [6.45, 7) is 9.53. The van der Waals surface area contributed by atoms with Crippen molar-refractivity contribution in [3.05, 3.63) is 259 Å². The molecule has 338 valence electrons. The molecule has 2 aromatic heterocycles. The molecule has 0 unspecified atom stereocenters. The average molecular weight is 910 g/mol. The zero-order chi connectivity index (χ0) is 47.6. The SMILES string of the molecule is CC1(C)c2ccccc2-c2ccc(N(c3ccc(-c4ccccc4)cc3)c3ccc(-n4c5ccc(-c6ccccc6)cc5c5c6c(ccc54)c4c(n6-c5ccccc5)-c5ccccc5C4(C)C)cc3)cc21. The lowest BCUT2D eigenvalue weighted by Crippen LogP contribution is -2.16. The Morgan fingerprint density at radius 2 is 0.845 bits per heavy atom. The molecule has 0 saturated heterocycles. The van der Waals surface area contributed by atoms with E-state index in [4.69, 9.17) is 0 Å². The van der Waals surface area contributed by atoms with Gasteiger partial charge < -0.3 is 14.0 Å². The number of fused-ring (bicyclic) bond motifs is 12. The lowest BCUT2D eigenvalue weighted by atomic mass is 9.81. The van der Waals surface area contributed by atoms with Gasteiger partial charge in [-0.1, -0.05) is 185 Å². The summed E-state index contributed by atoms with van der Waals surface area (Å²) in [5.74, 6) is 0. The summed E-state index contributed by atoms with van der Waals surface area (Å²) in [7, 11) is 0. The van der Waals surface area contributed by atoms with Gasteiger partial charge in [-0.05, 0) is 134 Å². The second kappa shape index (κ2) is 15.4. The van der Waals surface area contributed by atoms with Gasteiger partial charge in [0.2, 0.25) is 0 Å². The maximum absolute atomic E-state index is 2.57. The molecule has 0 radical (unpaired) electrons. The van der Waals surface area contributed by atoms with E-state index >= 15 is 0 Å². The van der Waals surface area contributed by atoms with Crippen LogP contribution >= 0.6 is 0 Å². The number of aromatic nitrogens is 2. The molecule has 2 aliphatic rings. The molecule has 71 heavy (non-hydrogen) atoms. The van der Waals surface area contributed by atoms with Crippen molar-refractivity contribution in [2.24, 2.45) is 0 Å². The maximum atomic E-state index is 2.57. The summed E-state index contributed by atoms with van der Waals surface area (Å²) in [5, 5.41) is 3.79. The van der Waals surface area contributed by atoms with Crippen LogP contribution in [0.3, 0.4) is 0 Å². The van der Waals surface area contributed by atoms with Gasteiger partial charge in [-0.3, -0.25) is 0 Å². The largest absolute Gasteiger partial charge is 0.310 e. The summed E-state index contributed by atoms with van der Waals surface area (Å²) in [5.41, 5.74) is 24.5. The molecule has 2 heterocycles. The second-order valence-electron chi connectivity index (χ2n) is 20.5. The molecular weight excluding hydrogens is 859 g/mol. The first-order valence-corrected chi connectivity index (χ1v) is 24.9. The molecule has 0 spiro atoms. The Hall–Kier alpha value is -8.66. The van der Waals surface area contributed by atoms with E-state index in [0.29, 0.717) is 0 Å². The standard InChI is InChI=1S/C68H51N3/c1-67(2)58-26-16-14-24-53(58)54-38-37-52(43-60(54)67)69(49-31-28-46(29-32-49)44-18-8-5-9-19-44)50-33-35-51(36-34-50)70-61-40-30-47(45-20-10-6-11-21-45)42-57(61)63-62(70)41-39-56-64-66(55-25-15-17-27-59(55)68(64,3)4)71(65(56)63)48-22-12-7-13-23-48/h5-43H,1-4H3. The zero-order valence-corrected chi connectivity index (χ0v) is 40.4. The van der Waals surface area contributed by atoms with Gasteiger partial charge in [-0.25, -0.2) is 0 Å². The first kappa shape index (κ1) is 41.3. The van der Waals surface area contributed by atoms with Crippen molar-refractivity contribution in [1.29, 1.82) is 0 Å². The van der Waals surface area contributed by atoms with Crippen molar-refractivity contribution in [1.82, 2.24) is 9.13 Å². The van der Waals surface area contributed by atoms with Crippen molar-refractivity contribution < 1.29 is 0 Å². The molecule has 0 aliphatic heterocycles. The highest BCUT2D eigenvalue weighted by molar-refractivity contribution is 6.23. The number of para-hydroxylation sites is 1. The number of rotatable bonds is 7. The third kappa shape index (κ3) is 6.09. The minimum absolute atomic E-state index is 0.128. The molecule has 0 atom stereocenters. The van der Waals surface area contributed by atoms with E-state index in [-0.39, 0.29) is 10.8 Å². The fraction of sp³-hybridized carbons (Fsp3) is 0.0882. The molecule has 10 aromatic carbocycles. The van der Waals surface area contributed by atoms with E-state index in [1.54, 1.807) is 0 Å². The number of nitrogens with zero attached hydrogens (tertiary/aromatic N) is 3. The van der Waals surface area contributed by atoms with Gasteiger partial charge >= 0.3 is 0 Å². The van der Waals surface area contributed by atoms with E-state index in [9.17, 15) is 0 Å².